The summed E-state index contributed by atoms with van der Waals surface area (Å²) in [5.74, 6) is 9.01. The molecule has 0 amide bonds. The maximum Gasteiger partial charge on any atom is 0.177 e. The Balaban J connectivity index is 2.62. The highest BCUT2D eigenvalue weighted by molar-refractivity contribution is 5.27. The molecule has 0 aromatic carbocycles. The zero-order chi connectivity index (χ0) is 10.6. The monoisotopic (exact) mass is 190 g/mol. The predicted molar refractivity (Wildman–Crippen MR) is 59.1 cm³/mol. The third-order valence-electron chi connectivity index (χ3n) is 1.92. The van der Waals surface area contributed by atoms with E-state index >= 15 is 0 Å². The van der Waals surface area contributed by atoms with Crippen molar-refractivity contribution in [3.05, 3.63) is 23.7 Å². The molecule has 1 aromatic rings. The Bertz CT molecular complexity index is 334. The molecule has 1 nitrogen and oxygen atoms in total. The molecule has 1 aromatic heterocycles. The third kappa shape index (κ3) is 3.30. The lowest BCUT2D eigenvalue weighted by Gasteiger charge is -1.96. The smallest absolute Gasteiger partial charge is 0.177 e. The van der Waals surface area contributed by atoms with Crippen molar-refractivity contribution in [1.82, 2.24) is 0 Å². The van der Waals surface area contributed by atoms with E-state index in [1.165, 1.54) is 0 Å². The molecule has 0 aliphatic heterocycles. The van der Waals surface area contributed by atoms with Crippen LogP contribution in [0.5, 0.6) is 0 Å². The lowest BCUT2D eigenvalue weighted by Crippen LogP contribution is -1.82. The fourth-order valence-corrected chi connectivity index (χ4v) is 1.07. The summed E-state index contributed by atoms with van der Waals surface area (Å²) >= 11 is 0. The van der Waals surface area contributed by atoms with E-state index in [0.717, 1.165) is 17.9 Å². The molecule has 1 rings (SSSR count). The van der Waals surface area contributed by atoms with E-state index in [4.69, 9.17) is 4.42 Å². The van der Waals surface area contributed by atoms with Gasteiger partial charge >= 0.3 is 0 Å². The molecule has 76 valence electrons. The molecule has 1 heterocycles. The zero-order valence-corrected chi connectivity index (χ0v) is 9.42. The minimum absolute atomic E-state index is 0.440. The minimum Gasteiger partial charge on any atom is -0.452 e. The van der Waals surface area contributed by atoms with Gasteiger partial charge in [0.25, 0.3) is 0 Å². The van der Waals surface area contributed by atoms with E-state index in [2.05, 4.69) is 39.5 Å². The first kappa shape index (κ1) is 10.9. The van der Waals surface area contributed by atoms with Gasteiger partial charge in [0.05, 0.1) is 0 Å². The van der Waals surface area contributed by atoms with Gasteiger partial charge in [-0.3, -0.25) is 0 Å². The van der Waals surface area contributed by atoms with Crippen molar-refractivity contribution in [1.29, 1.82) is 0 Å². The molecule has 0 N–H and O–H groups in total. The largest absolute Gasteiger partial charge is 0.452 e. The Morgan fingerprint density at radius 3 is 2.43 bits per heavy atom. The number of rotatable bonds is 2. The van der Waals surface area contributed by atoms with E-state index in [1.54, 1.807) is 0 Å². The highest BCUT2D eigenvalue weighted by Gasteiger charge is 2.03. The molecule has 0 aliphatic carbocycles. The summed E-state index contributed by atoms with van der Waals surface area (Å²) < 4.78 is 5.55. The molecule has 0 fully saturated rings. The fraction of sp³-hybridized carbons (Fsp3) is 0.538. The van der Waals surface area contributed by atoms with Crippen molar-refractivity contribution in [2.24, 2.45) is 5.92 Å². The highest BCUT2D eigenvalue weighted by Crippen LogP contribution is 2.16. The van der Waals surface area contributed by atoms with Crippen molar-refractivity contribution < 1.29 is 4.42 Å². The van der Waals surface area contributed by atoms with Crippen molar-refractivity contribution >= 4 is 0 Å². The van der Waals surface area contributed by atoms with Gasteiger partial charge in [-0.25, -0.2) is 0 Å². The van der Waals surface area contributed by atoms with Crippen LogP contribution in [-0.4, -0.2) is 0 Å². The van der Waals surface area contributed by atoms with Gasteiger partial charge in [0.1, 0.15) is 5.76 Å². The number of furan rings is 1. The quantitative estimate of drug-likeness (QED) is 0.646. The molecule has 0 atom stereocenters. The second-order valence-electron chi connectivity index (χ2n) is 4.26. The van der Waals surface area contributed by atoms with E-state index in [-0.39, 0.29) is 0 Å². The van der Waals surface area contributed by atoms with Crippen LogP contribution in [0, 0.1) is 17.8 Å². The molecular weight excluding hydrogens is 172 g/mol. The van der Waals surface area contributed by atoms with Crippen molar-refractivity contribution in [3.8, 4) is 11.8 Å². The Morgan fingerprint density at radius 1 is 1.21 bits per heavy atom. The van der Waals surface area contributed by atoms with Gasteiger partial charge in [-0.05, 0) is 24.0 Å². The first-order chi connectivity index (χ1) is 6.59. The van der Waals surface area contributed by atoms with Crippen molar-refractivity contribution in [2.75, 3.05) is 0 Å². The van der Waals surface area contributed by atoms with Crippen LogP contribution in [0.15, 0.2) is 16.5 Å². The standard InChI is InChI=1S/C13H18O/c1-10(2)6-5-7-12-8-9-13(14-12)11(3)4/h8-11H,6H2,1-4H3. The highest BCUT2D eigenvalue weighted by atomic mass is 16.3. The van der Waals surface area contributed by atoms with Gasteiger partial charge in [-0.2, -0.15) is 0 Å². The molecule has 0 radical (unpaired) electrons. The van der Waals surface area contributed by atoms with Gasteiger partial charge in [-0.1, -0.05) is 33.6 Å². The van der Waals surface area contributed by atoms with Gasteiger partial charge in [0.2, 0.25) is 0 Å². The third-order valence-corrected chi connectivity index (χ3v) is 1.92. The molecule has 0 saturated carbocycles. The lowest BCUT2D eigenvalue weighted by molar-refractivity contribution is 0.477. The second kappa shape index (κ2) is 4.91. The second-order valence-corrected chi connectivity index (χ2v) is 4.26. The van der Waals surface area contributed by atoms with Crippen LogP contribution >= 0.6 is 0 Å². The molecule has 0 spiro atoms. The van der Waals surface area contributed by atoms with E-state index in [1.807, 2.05) is 12.1 Å². The van der Waals surface area contributed by atoms with Gasteiger partial charge < -0.3 is 4.42 Å². The summed E-state index contributed by atoms with van der Waals surface area (Å²) in [6.07, 6.45) is 0.928. The molecule has 1 heteroatoms. The average Bonchev–Trinajstić information content (AvgIpc) is 2.52. The summed E-state index contributed by atoms with van der Waals surface area (Å²) in [6.45, 7) is 8.56. The lowest BCUT2D eigenvalue weighted by atomic mass is 10.1. The van der Waals surface area contributed by atoms with Crippen LogP contribution in [0.25, 0.3) is 0 Å². The summed E-state index contributed by atoms with van der Waals surface area (Å²) in [6, 6.07) is 3.95. The Hall–Kier alpha value is -1.16. The van der Waals surface area contributed by atoms with Gasteiger partial charge in [-0.15, -0.1) is 0 Å². The maximum atomic E-state index is 5.55. The molecule has 0 bridgehead atoms. The minimum atomic E-state index is 0.440. The topological polar surface area (TPSA) is 13.1 Å². The predicted octanol–water partition coefficient (Wildman–Crippen LogP) is 3.80. The van der Waals surface area contributed by atoms with Gasteiger partial charge in [0, 0.05) is 12.3 Å². The summed E-state index contributed by atoms with van der Waals surface area (Å²) in [5, 5.41) is 0. The summed E-state index contributed by atoms with van der Waals surface area (Å²) in [5.41, 5.74) is 0. The first-order valence-corrected chi connectivity index (χ1v) is 5.18. The van der Waals surface area contributed by atoms with Crippen molar-refractivity contribution in [3.63, 3.8) is 0 Å². The average molecular weight is 190 g/mol. The van der Waals surface area contributed by atoms with E-state index in [9.17, 15) is 0 Å². The SMILES string of the molecule is CC(C)CC#Cc1ccc(C(C)C)o1. The first-order valence-electron chi connectivity index (χ1n) is 5.18. The molecule has 0 aliphatic rings. The van der Waals surface area contributed by atoms with Gasteiger partial charge in [0.15, 0.2) is 5.76 Å². The summed E-state index contributed by atoms with van der Waals surface area (Å²) in [4.78, 5) is 0. The Labute approximate surface area is 86.5 Å². The Morgan fingerprint density at radius 2 is 1.93 bits per heavy atom. The van der Waals surface area contributed by atoms with Crippen LogP contribution in [0.4, 0.5) is 0 Å². The van der Waals surface area contributed by atoms with Crippen LogP contribution < -0.4 is 0 Å². The zero-order valence-electron chi connectivity index (χ0n) is 9.42. The normalized spacial score (nSPS) is 10.4. The molecule has 0 saturated heterocycles. The van der Waals surface area contributed by atoms with Crippen LogP contribution in [-0.2, 0) is 0 Å². The number of hydrogen-bond donors (Lipinski definition) is 0. The molecular formula is C13H18O. The fourth-order valence-electron chi connectivity index (χ4n) is 1.07. The van der Waals surface area contributed by atoms with Crippen LogP contribution in [0.2, 0.25) is 0 Å². The van der Waals surface area contributed by atoms with Crippen LogP contribution in [0.1, 0.15) is 51.6 Å². The van der Waals surface area contributed by atoms with Crippen LogP contribution in [0.3, 0.4) is 0 Å². The molecule has 14 heavy (non-hydrogen) atoms. The summed E-state index contributed by atoms with van der Waals surface area (Å²) in [7, 11) is 0. The number of hydrogen-bond acceptors (Lipinski definition) is 1. The van der Waals surface area contributed by atoms with E-state index in [0.29, 0.717) is 11.8 Å². The van der Waals surface area contributed by atoms with Crippen molar-refractivity contribution in [2.45, 2.75) is 40.0 Å². The van der Waals surface area contributed by atoms with E-state index < -0.39 is 0 Å². The Kier molecular flexibility index (Phi) is 3.83. The maximum absolute atomic E-state index is 5.55. The molecule has 0 unspecified atom stereocenters.